The molecular formula is C26H36N6O6S. The van der Waals surface area contributed by atoms with Crippen molar-refractivity contribution in [2.75, 3.05) is 32.2 Å². The number of nitrogens with zero attached hydrogens (tertiary/aromatic N) is 5. The molecule has 1 fully saturated rings. The highest BCUT2D eigenvalue weighted by atomic mass is 32.2. The molecule has 39 heavy (non-hydrogen) atoms. The number of rotatable bonds is 11. The SMILES string of the molecule is COc1cccc(OC)c1-n1c(NS(=O)(=O)C(C)C(OC(C)C)c2ncc(C)cn2)nnc1[C@@H]1CCCOC1. The summed E-state index contributed by atoms with van der Waals surface area (Å²) in [5.41, 5.74) is 1.34. The van der Waals surface area contributed by atoms with Crippen LogP contribution in [0.5, 0.6) is 11.5 Å². The molecule has 212 valence electrons. The highest BCUT2D eigenvalue weighted by Crippen LogP contribution is 2.38. The lowest BCUT2D eigenvalue weighted by Crippen LogP contribution is -2.35. The van der Waals surface area contributed by atoms with Gasteiger partial charge in [-0.15, -0.1) is 10.2 Å². The second kappa shape index (κ2) is 12.3. The summed E-state index contributed by atoms with van der Waals surface area (Å²) in [5, 5.41) is 7.61. The Labute approximate surface area is 229 Å². The van der Waals surface area contributed by atoms with E-state index in [0.29, 0.717) is 36.2 Å². The first kappa shape index (κ1) is 28.7. The topological polar surface area (TPSA) is 140 Å². The minimum absolute atomic E-state index is 0.00153. The van der Waals surface area contributed by atoms with Crippen LogP contribution in [0.1, 0.15) is 62.8 Å². The Balaban J connectivity index is 1.79. The van der Waals surface area contributed by atoms with E-state index >= 15 is 0 Å². The van der Waals surface area contributed by atoms with E-state index in [9.17, 15) is 8.42 Å². The summed E-state index contributed by atoms with van der Waals surface area (Å²) in [4.78, 5) is 8.68. The molecule has 1 aromatic carbocycles. The zero-order chi connectivity index (χ0) is 28.2. The van der Waals surface area contributed by atoms with E-state index in [2.05, 4.69) is 24.9 Å². The highest BCUT2D eigenvalue weighted by Gasteiger charge is 2.36. The van der Waals surface area contributed by atoms with Crippen molar-refractivity contribution in [2.24, 2.45) is 0 Å². The number of aromatic nitrogens is 5. The lowest BCUT2D eigenvalue weighted by molar-refractivity contribution is 0.00152. The van der Waals surface area contributed by atoms with Gasteiger partial charge >= 0.3 is 0 Å². The molecule has 1 aliphatic heterocycles. The molecule has 0 bridgehead atoms. The highest BCUT2D eigenvalue weighted by molar-refractivity contribution is 7.93. The molecule has 2 unspecified atom stereocenters. The summed E-state index contributed by atoms with van der Waals surface area (Å²) in [5.74, 6) is 1.65. The third-order valence-electron chi connectivity index (χ3n) is 6.46. The van der Waals surface area contributed by atoms with Crippen molar-refractivity contribution in [3.8, 4) is 17.2 Å². The minimum Gasteiger partial charge on any atom is -0.494 e. The number of methoxy groups -OCH3 is 2. The molecule has 0 saturated carbocycles. The number of aryl methyl sites for hydroxylation is 1. The molecule has 4 rings (SSSR count). The molecule has 0 spiro atoms. The first-order valence-electron chi connectivity index (χ1n) is 12.9. The molecule has 3 aromatic rings. The van der Waals surface area contributed by atoms with Gasteiger partial charge in [-0.05, 0) is 58.2 Å². The lowest BCUT2D eigenvalue weighted by atomic mass is 10.0. The second-order valence-electron chi connectivity index (χ2n) is 9.72. The fourth-order valence-electron chi connectivity index (χ4n) is 4.45. The Hall–Kier alpha value is -3.29. The average Bonchev–Trinajstić information content (AvgIpc) is 3.33. The molecule has 3 atom stereocenters. The summed E-state index contributed by atoms with van der Waals surface area (Å²) in [7, 11) is -1.02. The zero-order valence-corrected chi connectivity index (χ0v) is 23.9. The molecule has 13 heteroatoms. The number of hydrogen-bond acceptors (Lipinski definition) is 10. The van der Waals surface area contributed by atoms with Crippen LogP contribution in [0.2, 0.25) is 0 Å². The molecule has 3 heterocycles. The Morgan fingerprint density at radius 3 is 2.31 bits per heavy atom. The summed E-state index contributed by atoms with van der Waals surface area (Å²) in [6.07, 6.45) is 3.74. The van der Waals surface area contributed by atoms with Gasteiger partial charge in [0.1, 0.15) is 34.4 Å². The molecule has 1 N–H and O–H groups in total. The number of para-hydroxylation sites is 1. The molecular weight excluding hydrogens is 524 g/mol. The van der Waals surface area contributed by atoms with Gasteiger partial charge < -0.3 is 18.9 Å². The fourth-order valence-corrected chi connectivity index (χ4v) is 5.53. The van der Waals surface area contributed by atoms with Gasteiger partial charge in [0.25, 0.3) is 0 Å². The Bertz CT molecular complexity index is 1330. The van der Waals surface area contributed by atoms with E-state index in [1.165, 1.54) is 14.2 Å². The number of benzene rings is 1. The van der Waals surface area contributed by atoms with E-state index in [1.54, 1.807) is 42.1 Å². The summed E-state index contributed by atoms with van der Waals surface area (Å²) in [6, 6.07) is 5.32. The maximum Gasteiger partial charge on any atom is 0.243 e. The van der Waals surface area contributed by atoms with Gasteiger partial charge in [-0.25, -0.2) is 18.4 Å². The minimum atomic E-state index is -4.09. The summed E-state index contributed by atoms with van der Waals surface area (Å²) >= 11 is 0. The summed E-state index contributed by atoms with van der Waals surface area (Å²) in [6.45, 7) is 8.18. The lowest BCUT2D eigenvalue weighted by Gasteiger charge is -2.26. The van der Waals surface area contributed by atoms with Crippen LogP contribution in [0.4, 0.5) is 5.95 Å². The molecule has 2 aromatic heterocycles. The second-order valence-corrected chi connectivity index (χ2v) is 11.8. The third-order valence-corrected chi connectivity index (χ3v) is 8.16. The van der Waals surface area contributed by atoms with Crippen molar-refractivity contribution in [1.82, 2.24) is 24.7 Å². The maximum absolute atomic E-state index is 13.8. The summed E-state index contributed by atoms with van der Waals surface area (Å²) < 4.78 is 54.9. The van der Waals surface area contributed by atoms with Crippen LogP contribution in [0.15, 0.2) is 30.6 Å². The number of ether oxygens (including phenoxy) is 4. The van der Waals surface area contributed by atoms with E-state index in [4.69, 9.17) is 18.9 Å². The number of hydrogen-bond donors (Lipinski definition) is 1. The Morgan fingerprint density at radius 2 is 1.74 bits per heavy atom. The van der Waals surface area contributed by atoms with Gasteiger partial charge in [-0.2, -0.15) is 0 Å². The van der Waals surface area contributed by atoms with Crippen LogP contribution in [0.25, 0.3) is 5.69 Å². The Morgan fingerprint density at radius 1 is 1.08 bits per heavy atom. The van der Waals surface area contributed by atoms with E-state index in [1.807, 2.05) is 20.8 Å². The van der Waals surface area contributed by atoms with E-state index in [0.717, 1.165) is 18.4 Å². The van der Waals surface area contributed by atoms with Crippen molar-refractivity contribution in [3.63, 3.8) is 0 Å². The number of sulfonamides is 1. The van der Waals surface area contributed by atoms with Crippen molar-refractivity contribution in [1.29, 1.82) is 0 Å². The Kier molecular flexibility index (Phi) is 9.03. The fraction of sp³-hybridized carbons (Fsp3) is 0.538. The van der Waals surface area contributed by atoms with E-state index < -0.39 is 21.4 Å². The maximum atomic E-state index is 13.8. The molecule has 0 amide bonds. The van der Waals surface area contributed by atoms with Gasteiger partial charge in [0.05, 0.1) is 26.9 Å². The monoisotopic (exact) mass is 560 g/mol. The smallest absolute Gasteiger partial charge is 0.243 e. The van der Waals surface area contributed by atoms with Gasteiger partial charge in [0.15, 0.2) is 5.82 Å². The third kappa shape index (κ3) is 6.31. The largest absolute Gasteiger partial charge is 0.494 e. The van der Waals surface area contributed by atoms with Crippen molar-refractivity contribution < 1.29 is 27.4 Å². The predicted octanol–water partition coefficient (Wildman–Crippen LogP) is 3.57. The van der Waals surface area contributed by atoms with Crippen molar-refractivity contribution in [2.45, 2.75) is 63.9 Å². The normalized spacial score (nSPS) is 17.6. The van der Waals surface area contributed by atoms with Crippen LogP contribution >= 0.6 is 0 Å². The molecule has 1 aliphatic rings. The van der Waals surface area contributed by atoms with Crippen LogP contribution in [-0.4, -0.2) is 71.9 Å². The first-order valence-corrected chi connectivity index (χ1v) is 14.4. The van der Waals surface area contributed by atoms with Crippen LogP contribution in [-0.2, 0) is 19.5 Å². The van der Waals surface area contributed by atoms with Crippen molar-refractivity contribution >= 4 is 16.0 Å². The molecule has 1 saturated heterocycles. The number of anilines is 1. The average molecular weight is 561 g/mol. The first-order chi connectivity index (χ1) is 18.7. The van der Waals surface area contributed by atoms with Gasteiger partial charge in [-0.1, -0.05) is 6.07 Å². The number of nitrogens with one attached hydrogen (secondary N) is 1. The van der Waals surface area contributed by atoms with Gasteiger partial charge in [0, 0.05) is 24.9 Å². The molecule has 12 nitrogen and oxygen atoms in total. The molecule has 0 aliphatic carbocycles. The van der Waals surface area contributed by atoms with Gasteiger partial charge in [0.2, 0.25) is 16.0 Å². The zero-order valence-electron chi connectivity index (χ0n) is 23.1. The van der Waals surface area contributed by atoms with Crippen molar-refractivity contribution in [3.05, 3.63) is 47.8 Å². The van der Waals surface area contributed by atoms with Crippen LogP contribution in [0, 0.1) is 6.92 Å². The van der Waals surface area contributed by atoms with E-state index in [-0.39, 0.29) is 23.8 Å². The van der Waals surface area contributed by atoms with Gasteiger partial charge in [-0.3, -0.25) is 9.29 Å². The quantitative estimate of drug-likeness (QED) is 0.370. The standard InChI is InChI=1S/C26H36N6O6S/c1-16(2)38-23(24-27-13-17(3)14-28-24)18(4)39(33,34)31-26-30-29-25(19-9-8-12-37-15-19)32(26)22-20(35-5)10-7-11-21(22)36-6/h7,10-11,13-14,16,18-19,23H,8-9,12,15H2,1-6H3,(H,30,31)/t18?,19-,23?/m1/s1. The van der Waals surface area contributed by atoms with Crippen LogP contribution < -0.4 is 14.2 Å². The molecule has 0 radical (unpaired) electrons. The van der Waals surface area contributed by atoms with Crippen LogP contribution in [0.3, 0.4) is 0 Å². The predicted molar refractivity (Wildman–Crippen MR) is 145 cm³/mol.